The number of anilines is 2. The van der Waals surface area contributed by atoms with E-state index in [4.69, 9.17) is 32.8 Å². The molecular weight excluding hydrogens is 467 g/mol. The van der Waals surface area contributed by atoms with Gasteiger partial charge in [0.15, 0.2) is 6.10 Å². The van der Waals surface area contributed by atoms with Crippen LogP contribution in [0.4, 0.5) is 11.4 Å². The van der Waals surface area contributed by atoms with Crippen LogP contribution in [0.5, 0.6) is 11.5 Å². The van der Waals surface area contributed by atoms with E-state index in [1.165, 1.54) is 24.3 Å². The molecule has 168 valence electrons. The Bertz CT molecular complexity index is 1250. The fraction of sp³-hybridized carbons (Fsp3) is 0.167. The number of fused-ring (bicyclic) bond motifs is 1. The minimum atomic E-state index is -1.11. The molecule has 7 nitrogen and oxygen atoms in total. The molecular formula is C24H18Cl2N2O5. The first-order valence-electron chi connectivity index (χ1n) is 10.1. The van der Waals surface area contributed by atoms with Gasteiger partial charge in [0.25, 0.3) is 5.91 Å². The summed E-state index contributed by atoms with van der Waals surface area (Å²) in [6.07, 6.45) is -1.11. The quantitative estimate of drug-likeness (QED) is 0.537. The molecule has 2 aliphatic rings. The molecule has 3 aromatic carbocycles. The van der Waals surface area contributed by atoms with Crippen molar-refractivity contribution in [1.29, 1.82) is 0 Å². The third-order valence-electron chi connectivity index (χ3n) is 5.83. The van der Waals surface area contributed by atoms with Crippen LogP contribution in [0, 0.1) is 5.92 Å². The molecule has 0 radical (unpaired) electrons. The maximum atomic E-state index is 13.7. The van der Waals surface area contributed by atoms with Gasteiger partial charge in [0.1, 0.15) is 17.4 Å². The van der Waals surface area contributed by atoms with E-state index < -0.39 is 29.9 Å². The third-order valence-corrected chi connectivity index (χ3v) is 6.33. The predicted molar refractivity (Wildman–Crippen MR) is 124 cm³/mol. The van der Waals surface area contributed by atoms with Crippen LogP contribution in [0.15, 0.2) is 66.7 Å². The minimum absolute atomic E-state index is 0.0346. The van der Waals surface area contributed by atoms with Crippen LogP contribution in [0.1, 0.15) is 11.6 Å². The van der Waals surface area contributed by atoms with Crippen LogP contribution in [0.3, 0.4) is 0 Å². The van der Waals surface area contributed by atoms with E-state index in [-0.39, 0.29) is 21.4 Å². The molecule has 0 unspecified atom stereocenters. The standard InChI is InChI=1S/C24H18Cl2N2O5/c1-32-18-10-6-5-9-17(18)27-23(30)19-20(15-11-13(25)12-16(26)21(15)29)28(33-22(19)24(27)31)14-7-3-2-4-8-14/h2-12,19-20,22,29H,1H3/t19-,20+,22-/m1/s1. The molecule has 1 N–H and O–H groups in total. The Morgan fingerprint density at radius 3 is 2.39 bits per heavy atom. The number of hydrogen-bond donors (Lipinski definition) is 1. The fourth-order valence-electron chi connectivity index (χ4n) is 4.39. The fourth-order valence-corrected chi connectivity index (χ4v) is 4.90. The molecule has 33 heavy (non-hydrogen) atoms. The number of phenolic OH excluding ortho intramolecular Hbond substituents is 1. The summed E-state index contributed by atoms with van der Waals surface area (Å²) in [5.41, 5.74) is 1.22. The molecule has 0 bridgehead atoms. The number of rotatable bonds is 4. The lowest BCUT2D eigenvalue weighted by molar-refractivity contribution is -0.126. The summed E-state index contributed by atoms with van der Waals surface area (Å²) in [6, 6.07) is 17.8. The smallest absolute Gasteiger partial charge is 0.266 e. The molecule has 2 heterocycles. The zero-order valence-corrected chi connectivity index (χ0v) is 18.8. The molecule has 0 spiro atoms. The van der Waals surface area contributed by atoms with Gasteiger partial charge < -0.3 is 9.84 Å². The topological polar surface area (TPSA) is 79.3 Å². The zero-order valence-electron chi connectivity index (χ0n) is 17.3. The van der Waals surface area contributed by atoms with E-state index in [0.717, 1.165) is 4.90 Å². The largest absolute Gasteiger partial charge is 0.506 e. The van der Waals surface area contributed by atoms with Crippen molar-refractivity contribution in [2.24, 2.45) is 5.92 Å². The van der Waals surface area contributed by atoms with Gasteiger partial charge in [0.05, 0.1) is 29.5 Å². The van der Waals surface area contributed by atoms with Crippen LogP contribution in [-0.2, 0) is 14.4 Å². The Morgan fingerprint density at radius 1 is 0.970 bits per heavy atom. The zero-order chi connectivity index (χ0) is 23.3. The number of methoxy groups -OCH3 is 1. The first kappa shape index (κ1) is 21.6. The maximum absolute atomic E-state index is 13.7. The highest BCUT2D eigenvalue weighted by atomic mass is 35.5. The van der Waals surface area contributed by atoms with Crippen molar-refractivity contribution in [3.05, 3.63) is 82.3 Å². The molecule has 5 rings (SSSR count). The highest BCUT2D eigenvalue weighted by molar-refractivity contribution is 6.35. The van der Waals surface area contributed by atoms with Crippen LogP contribution >= 0.6 is 23.2 Å². The lowest BCUT2D eigenvalue weighted by atomic mass is 9.90. The van der Waals surface area contributed by atoms with E-state index in [0.29, 0.717) is 17.1 Å². The Labute approximate surface area is 199 Å². The molecule has 0 aromatic heterocycles. The average molecular weight is 485 g/mol. The van der Waals surface area contributed by atoms with Crippen molar-refractivity contribution >= 4 is 46.4 Å². The van der Waals surface area contributed by atoms with Gasteiger partial charge in [0.2, 0.25) is 5.91 Å². The number of carbonyl (C=O) groups excluding carboxylic acids is 2. The summed E-state index contributed by atoms with van der Waals surface area (Å²) in [7, 11) is 1.47. The maximum Gasteiger partial charge on any atom is 0.266 e. The molecule has 0 aliphatic carbocycles. The number of amides is 2. The van der Waals surface area contributed by atoms with Gasteiger partial charge in [-0.2, -0.15) is 0 Å². The molecule has 3 atom stereocenters. The lowest BCUT2D eigenvalue weighted by Crippen LogP contribution is -2.37. The molecule has 0 saturated carbocycles. The summed E-state index contributed by atoms with van der Waals surface area (Å²) < 4.78 is 5.36. The number of halogens is 2. The summed E-state index contributed by atoms with van der Waals surface area (Å²) in [5.74, 6) is -1.81. The number of nitrogens with zero attached hydrogens (tertiary/aromatic N) is 2. The SMILES string of the molecule is COc1ccccc1N1C(=O)[C@H]2[C@@H](ON(c3ccccc3)[C@H]2c2cc(Cl)cc(Cl)c2O)C1=O. The van der Waals surface area contributed by atoms with Crippen molar-refractivity contribution in [1.82, 2.24) is 0 Å². The number of imide groups is 1. The van der Waals surface area contributed by atoms with Crippen LogP contribution < -0.4 is 14.7 Å². The number of ether oxygens (including phenoxy) is 1. The highest BCUT2D eigenvalue weighted by Gasteiger charge is 2.61. The monoisotopic (exact) mass is 484 g/mol. The van der Waals surface area contributed by atoms with Gasteiger partial charge in [-0.15, -0.1) is 0 Å². The van der Waals surface area contributed by atoms with Crippen LogP contribution in [-0.4, -0.2) is 30.1 Å². The van der Waals surface area contributed by atoms with Gasteiger partial charge >= 0.3 is 0 Å². The van der Waals surface area contributed by atoms with Gasteiger partial charge in [-0.05, 0) is 36.4 Å². The first-order valence-corrected chi connectivity index (χ1v) is 10.9. The van der Waals surface area contributed by atoms with E-state index in [1.807, 2.05) is 6.07 Å². The second-order valence-corrected chi connectivity index (χ2v) is 8.51. The van der Waals surface area contributed by atoms with Crippen LogP contribution in [0.2, 0.25) is 10.0 Å². The van der Waals surface area contributed by atoms with Crippen LogP contribution in [0.25, 0.3) is 0 Å². The number of phenols is 1. The van der Waals surface area contributed by atoms with Crippen molar-refractivity contribution in [3.8, 4) is 11.5 Å². The number of hydrogen-bond acceptors (Lipinski definition) is 6. The number of benzene rings is 3. The lowest BCUT2D eigenvalue weighted by Gasteiger charge is -2.29. The van der Waals surface area contributed by atoms with Gasteiger partial charge in [-0.1, -0.05) is 53.5 Å². The van der Waals surface area contributed by atoms with E-state index >= 15 is 0 Å². The first-order chi connectivity index (χ1) is 15.9. The molecule has 3 aromatic rings. The molecule has 9 heteroatoms. The Kier molecular flexibility index (Phi) is 5.40. The van der Waals surface area contributed by atoms with Crippen molar-refractivity contribution in [2.45, 2.75) is 12.1 Å². The number of para-hydroxylation sites is 3. The minimum Gasteiger partial charge on any atom is -0.506 e. The molecule has 2 aliphatic heterocycles. The third kappa shape index (κ3) is 3.40. The Balaban J connectivity index is 1.65. The van der Waals surface area contributed by atoms with Gasteiger partial charge in [0, 0.05) is 10.6 Å². The number of aromatic hydroxyl groups is 1. The number of hydroxylamine groups is 1. The molecule has 2 amide bonds. The number of carbonyl (C=O) groups is 2. The summed E-state index contributed by atoms with van der Waals surface area (Å²) >= 11 is 12.4. The van der Waals surface area contributed by atoms with Gasteiger partial charge in [-0.3, -0.25) is 14.4 Å². The van der Waals surface area contributed by atoms with E-state index in [1.54, 1.807) is 48.5 Å². The van der Waals surface area contributed by atoms with E-state index in [9.17, 15) is 14.7 Å². The second-order valence-electron chi connectivity index (χ2n) is 7.67. The summed E-state index contributed by atoms with van der Waals surface area (Å²) in [6.45, 7) is 0. The molecule has 2 fully saturated rings. The van der Waals surface area contributed by atoms with Gasteiger partial charge in [-0.25, -0.2) is 9.96 Å². The summed E-state index contributed by atoms with van der Waals surface area (Å²) in [5, 5.41) is 12.6. The Hall–Kier alpha value is -3.26. The second kappa shape index (κ2) is 8.26. The summed E-state index contributed by atoms with van der Waals surface area (Å²) in [4.78, 5) is 34.3. The Morgan fingerprint density at radius 2 is 1.67 bits per heavy atom. The van der Waals surface area contributed by atoms with Crippen molar-refractivity contribution < 1.29 is 24.3 Å². The van der Waals surface area contributed by atoms with Crippen molar-refractivity contribution in [3.63, 3.8) is 0 Å². The van der Waals surface area contributed by atoms with E-state index in [2.05, 4.69) is 0 Å². The highest BCUT2D eigenvalue weighted by Crippen LogP contribution is 2.51. The average Bonchev–Trinajstić information content (AvgIpc) is 3.32. The molecule has 2 saturated heterocycles. The van der Waals surface area contributed by atoms with Crippen molar-refractivity contribution in [2.75, 3.05) is 17.1 Å². The normalized spacial score (nSPS) is 22.1. The predicted octanol–water partition coefficient (Wildman–Crippen LogP) is 4.76.